The molecule has 0 radical (unpaired) electrons. The van der Waals surface area contributed by atoms with Crippen molar-refractivity contribution < 1.29 is 17.8 Å². The minimum absolute atomic E-state index is 0.0866. The van der Waals surface area contributed by atoms with Crippen LogP contribution in [0.3, 0.4) is 0 Å². The van der Waals surface area contributed by atoms with E-state index >= 15 is 0 Å². The molecule has 0 aliphatic carbocycles. The van der Waals surface area contributed by atoms with Gasteiger partial charge in [0.05, 0.1) is 17.4 Å². The Hall–Kier alpha value is -2.75. The largest absolute Gasteiger partial charge is 0.357 e. The van der Waals surface area contributed by atoms with E-state index in [0.717, 1.165) is 21.8 Å². The van der Waals surface area contributed by atoms with Crippen LogP contribution in [0.1, 0.15) is 38.1 Å². The van der Waals surface area contributed by atoms with E-state index in [9.17, 15) is 13.2 Å². The van der Waals surface area contributed by atoms with E-state index in [2.05, 4.69) is 5.32 Å². The molecule has 0 aliphatic rings. The number of carbonyl (C=O) groups is 1. The summed E-state index contributed by atoms with van der Waals surface area (Å²) in [7, 11) is -4.33. The lowest BCUT2D eigenvalue weighted by Gasteiger charge is -2.23. The predicted molar refractivity (Wildman–Crippen MR) is 123 cm³/mol. The van der Waals surface area contributed by atoms with Gasteiger partial charge >= 0.3 is 10.3 Å². The number of amides is 1. The van der Waals surface area contributed by atoms with Crippen molar-refractivity contribution in [3.05, 3.63) is 71.2 Å². The number of aromatic nitrogens is 1. The first kappa shape index (κ1) is 22.9. The lowest BCUT2D eigenvalue weighted by molar-refractivity contribution is -0.129. The van der Waals surface area contributed by atoms with Gasteiger partial charge in [-0.25, -0.2) is 4.98 Å². The number of hydrogen-bond acceptors (Lipinski definition) is 5. The van der Waals surface area contributed by atoms with E-state index in [0.29, 0.717) is 6.42 Å². The number of benzene rings is 2. The smallest absolute Gasteiger partial charge is 0.347 e. The fourth-order valence-electron chi connectivity index (χ4n) is 2.86. The molecule has 31 heavy (non-hydrogen) atoms. The fourth-order valence-corrected chi connectivity index (χ4v) is 4.17. The van der Waals surface area contributed by atoms with Gasteiger partial charge in [0.25, 0.3) is 0 Å². The van der Waals surface area contributed by atoms with Gasteiger partial charge in [0.15, 0.2) is 0 Å². The van der Waals surface area contributed by atoms with Crippen molar-refractivity contribution >= 4 is 33.2 Å². The molecule has 0 fully saturated rings. The van der Waals surface area contributed by atoms with Gasteiger partial charge in [-0.05, 0) is 24.1 Å². The van der Waals surface area contributed by atoms with Gasteiger partial charge < -0.3 is 5.32 Å². The highest BCUT2D eigenvalue weighted by molar-refractivity contribution is 7.87. The maximum atomic E-state index is 12.7. The SMILES string of the molecule is CC(C)(C)C(=O)N[C@@H](Cc1ccc(NS(=O)(=O)O)cc1)c1csc(-c2ccccc2)n1. The van der Waals surface area contributed by atoms with E-state index in [1.807, 2.05) is 61.2 Å². The number of nitrogens with zero attached hydrogens (tertiary/aromatic N) is 1. The van der Waals surface area contributed by atoms with Gasteiger partial charge in [0, 0.05) is 16.4 Å². The second-order valence-corrected chi connectivity index (χ2v) is 10.2. The van der Waals surface area contributed by atoms with E-state index < -0.39 is 15.7 Å². The molecule has 0 aliphatic heterocycles. The molecule has 1 atom stereocenters. The fraction of sp³-hybridized carbons (Fsp3) is 0.273. The van der Waals surface area contributed by atoms with Crippen LogP contribution in [0.5, 0.6) is 0 Å². The Bertz CT molecular complexity index is 1140. The zero-order chi connectivity index (χ0) is 22.6. The third-order valence-electron chi connectivity index (χ3n) is 4.53. The summed E-state index contributed by atoms with van der Waals surface area (Å²) in [6.45, 7) is 5.56. The van der Waals surface area contributed by atoms with Gasteiger partial charge in [-0.1, -0.05) is 63.2 Å². The number of hydrogen-bond donors (Lipinski definition) is 3. The molecular formula is C22H25N3O4S2. The molecule has 3 rings (SSSR count). The lowest BCUT2D eigenvalue weighted by Crippen LogP contribution is -2.38. The van der Waals surface area contributed by atoms with Crippen LogP contribution in [0.15, 0.2) is 60.0 Å². The summed E-state index contributed by atoms with van der Waals surface area (Å²) in [5, 5.41) is 5.92. The maximum Gasteiger partial charge on any atom is 0.357 e. The zero-order valence-electron chi connectivity index (χ0n) is 17.5. The molecule has 0 saturated carbocycles. The van der Waals surface area contributed by atoms with E-state index in [-0.39, 0.29) is 17.6 Å². The average molecular weight is 460 g/mol. The standard InChI is InChI=1S/C22H25N3O4S2/c1-22(2,3)21(26)24-18(13-15-9-11-17(12-10-15)25-31(27,28)29)19-14-30-20(23-19)16-7-5-4-6-8-16/h4-12,14,18,25H,13H2,1-3H3,(H,24,26)(H,27,28,29)/t18-/m0/s1. The Balaban J connectivity index is 1.85. The van der Waals surface area contributed by atoms with Crippen molar-refractivity contribution in [1.29, 1.82) is 0 Å². The van der Waals surface area contributed by atoms with Crippen LogP contribution in [0.2, 0.25) is 0 Å². The lowest BCUT2D eigenvalue weighted by atomic mass is 9.94. The summed E-state index contributed by atoms with van der Waals surface area (Å²) in [4.78, 5) is 17.4. The predicted octanol–water partition coefficient (Wildman–Crippen LogP) is 4.47. The molecule has 7 nitrogen and oxygen atoms in total. The summed E-state index contributed by atoms with van der Waals surface area (Å²) in [5.74, 6) is -0.0866. The molecule has 0 bridgehead atoms. The van der Waals surface area contributed by atoms with Gasteiger partial charge in [0.1, 0.15) is 5.01 Å². The number of anilines is 1. The normalized spacial score (nSPS) is 12.9. The highest BCUT2D eigenvalue weighted by Gasteiger charge is 2.26. The van der Waals surface area contributed by atoms with E-state index in [1.54, 1.807) is 24.3 Å². The molecule has 3 aromatic rings. The average Bonchev–Trinajstić information content (AvgIpc) is 3.18. The zero-order valence-corrected chi connectivity index (χ0v) is 19.1. The number of carbonyl (C=O) groups excluding carboxylic acids is 1. The van der Waals surface area contributed by atoms with Crippen molar-refractivity contribution in [2.45, 2.75) is 33.2 Å². The van der Waals surface area contributed by atoms with Crippen molar-refractivity contribution in [1.82, 2.24) is 10.3 Å². The first-order chi connectivity index (χ1) is 14.5. The van der Waals surface area contributed by atoms with Gasteiger partial charge in [-0.15, -0.1) is 11.3 Å². The van der Waals surface area contributed by atoms with Gasteiger partial charge in [-0.2, -0.15) is 8.42 Å². The molecule has 0 unspecified atom stereocenters. The minimum atomic E-state index is -4.33. The van der Waals surface area contributed by atoms with Crippen molar-refractivity contribution in [3.8, 4) is 10.6 Å². The molecule has 1 heterocycles. The Kier molecular flexibility index (Phi) is 6.78. The molecule has 3 N–H and O–H groups in total. The molecule has 0 spiro atoms. The van der Waals surface area contributed by atoms with Crippen molar-refractivity contribution in [3.63, 3.8) is 0 Å². The summed E-state index contributed by atoms with van der Waals surface area (Å²) in [6.07, 6.45) is 0.478. The van der Waals surface area contributed by atoms with Crippen molar-refractivity contribution in [2.24, 2.45) is 5.41 Å². The highest BCUT2D eigenvalue weighted by atomic mass is 32.2. The topological polar surface area (TPSA) is 108 Å². The Morgan fingerprint density at radius 1 is 1.10 bits per heavy atom. The Morgan fingerprint density at radius 3 is 2.32 bits per heavy atom. The molecule has 0 saturated heterocycles. The van der Waals surface area contributed by atoms with Crippen LogP contribution in [-0.4, -0.2) is 23.9 Å². The third kappa shape index (κ3) is 6.61. The molecule has 2 aromatic carbocycles. The van der Waals surface area contributed by atoms with E-state index in [4.69, 9.17) is 9.54 Å². The van der Waals surface area contributed by atoms with Crippen molar-refractivity contribution in [2.75, 3.05) is 4.72 Å². The molecular weight excluding hydrogens is 434 g/mol. The second kappa shape index (κ2) is 9.17. The number of thiazole rings is 1. The number of nitrogens with one attached hydrogen (secondary N) is 2. The van der Waals surface area contributed by atoms with Crippen LogP contribution in [0, 0.1) is 5.41 Å². The Labute approximate surface area is 186 Å². The van der Waals surface area contributed by atoms with Gasteiger partial charge in [-0.3, -0.25) is 14.1 Å². The quantitative estimate of drug-likeness (QED) is 0.452. The first-order valence-corrected chi connectivity index (χ1v) is 12.0. The first-order valence-electron chi connectivity index (χ1n) is 9.67. The van der Waals surface area contributed by atoms with Crippen LogP contribution >= 0.6 is 11.3 Å². The number of rotatable bonds is 7. The van der Waals surface area contributed by atoms with Crippen LogP contribution in [0.4, 0.5) is 5.69 Å². The summed E-state index contributed by atoms with van der Waals surface area (Å²) in [6, 6.07) is 16.1. The second-order valence-electron chi connectivity index (χ2n) is 8.20. The summed E-state index contributed by atoms with van der Waals surface area (Å²) in [5.41, 5.74) is 2.36. The van der Waals surface area contributed by atoms with Crippen LogP contribution in [-0.2, 0) is 21.5 Å². The summed E-state index contributed by atoms with van der Waals surface area (Å²) < 4.78 is 32.9. The van der Waals surface area contributed by atoms with E-state index in [1.165, 1.54) is 11.3 Å². The molecule has 164 valence electrons. The third-order valence-corrected chi connectivity index (χ3v) is 5.93. The molecule has 1 aromatic heterocycles. The maximum absolute atomic E-state index is 12.7. The monoisotopic (exact) mass is 459 g/mol. The molecule has 9 heteroatoms. The van der Waals surface area contributed by atoms with Gasteiger partial charge in [0.2, 0.25) is 5.91 Å². The van der Waals surface area contributed by atoms with Crippen LogP contribution in [0.25, 0.3) is 10.6 Å². The molecule has 1 amide bonds. The van der Waals surface area contributed by atoms with Crippen LogP contribution < -0.4 is 10.0 Å². The highest BCUT2D eigenvalue weighted by Crippen LogP contribution is 2.29. The summed E-state index contributed by atoms with van der Waals surface area (Å²) >= 11 is 1.52. The Morgan fingerprint density at radius 2 is 1.74 bits per heavy atom. The minimum Gasteiger partial charge on any atom is -0.347 e.